The number of rotatable bonds is 1. The summed E-state index contributed by atoms with van der Waals surface area (Å²) in [6, 6.07) is 31.2. The first-order valence-electron chi connectivity index (χ1n) is 10.3. The van der Waals surface area contributed by atoms with Crippen LogP contribution in [0.15, 0.2) is 84.9 Å². The summed E-state index contributed by atoms with van der Waals surface area (Å²) in [4.78, 5) is 0. The molecule has 1 aliphatic carbocycles. The molecule has 5 aromatic rings. The lowest BCUT2D eigenvalue weighted by Gasteiger charge is -2.21. The maximum absolute atomic E-state index is 2.43. The quantitative estimate of drug-likeness (QED) is 0.290. The lowest BCUT2D eigenvalue weighted by atomic mass is 9.82. The highest BCUT2D eigenvalue weighted by molar-refractivity contribution is 6.11. The molecule has 0 amide bonds. The van der Waals surface area contributed by atoms with E-state index in [9.17, 15) is 0 Å². The summed E-state index contributed by atoms with van der Waals surface area (Å²) in [5.74, 6) is 0. The Balaban J connectivity index is 1.69. The van der Waals surface area contributed by atoms with E-state index < -0.39 is 0 Å². The molecule has 0 saturated carbocycles. The minimum atomic E-state index is 0.0335. The normalized spacial score (nSPS) is 14.3. The molecule has 1 aliphatic rings. The molecule has 0 aliphatic heterocycles. The molecular formula is C28H23N. The zero-order valence-corrected chi connectivity index (χ0v) is 17.0. The summed E-state index contributed by atoms with van der Waals surface area (Å²) in [5, 5.41) is 2.67. The van der Waals surface area contributed by atoms with Crippen LogP contribution >= 0.6 is 0 Å². The van der Waals surface area contributed by atoms with Gasteiger partial charge in [0.05, 0.1) is 0 Å². The van der Waals surface area contributed by atoms with Crippen LogP contribution in [0.1, 0.15) is 25.0 Å². The van der Waals surface area contributed by atoms with E-state index >= 15 is 0 Å². The molecule has 29 heavy (non-hydrogen) atoms. The van der Waals surface area contributed by atoms with Gasteiger partial charge in [0.25, 0.3) is 0 Å². The van der Waals surface area contributed by atoms with E-state index in [1.165, 1.54) is 55.2 Å². The van der Waals surface area contributed by atoms with Gasteiger partial charge in [-0.05, 0) is 57.6 Å². The molecule has 0 saturated heterocycles. The van der Waals surface area contributed by atoms with E-state index in [4.69, 9.17) is 0 Å². The second-order valence-corrected chi connectivity index (χ2v) is 8.74. The zero-order valence-electron chi connectivity index (χ0n) is 17.0. The average molecular weight is 373 g/mol. The molecule has 0 fully saturated rings. The number of aryl methyl sites for hydroxylation is 1. The highest BCUT2D eigenvalue weighted by Crippen LogP contribution is 2.50. The molecule has 6 rings (SSSR count). The maximum atomic E-state index is 2.43. The van der Waals surface area contributed by atoms with Gasteiger partial charge in [0.1, 0.15) is 0 Å². The van der Waals surface area contributed by atoms with Crippen molar-refractivity contribution >= 4 is 21.8 Å². The van der Waals surface area contributed by atoms with Crippen molar-refractivity contribution in [1.29, 1.82) is 0 Å². The van der Waals surface area contributed by atoms with Gasteiger partial charge >= 0.3 is 0 Å². The van der Waals surface area contributed by atoms with Gasteiger partial charge in [-0.2, -0.15) is 0 Å². The maximum Gasteiger partial charge on any atom is 0.0492 e. The molecule has 1 heteroatoms. The van der Waals surface area contributed by atoms with Crippen LogP contribution in [0, 0.1) is 0 Å². The van der Waals surface area contributed by atoms with E-state index in [0.717, 1.165) is 0 Å². The molecule has 1 heterocycles. The third-order valence-corrected chi connectivity index (χ3v) is 6.82. The fourth-order valence-electron chi connectivity index (χ4n) is 5.21. The predicted molar refractivity (Wildman–Crippen MR) is 123 cm³/mol. The summed E-state index contributed by atoms with van der Waals surface area (Å²) in [5.41, 5.74) is 10.8. The largest absolute Gasteiger partial charge is 0.344 e. The van der Waals surface area contributed by atoms with E-state index in [-0.39, 0.29) is 5.41 Å². The number of aromatic nitrogens is 1. The van der Waals surface area contributed by atoms with E-state index in [2.05, 4.69) is 110 Å². The smallest absolute Gasteiger partial charge is 0.0492 e. The van der Waals surface area contributed by atoms with E-state index in [1.54, 1.807) is 0 Å². The molecule has 0 bridgehead atoms. The summed E-state index contributed by atoms with van der Waals surface area (Å²) in [6.45, 7) is 4.69. The Morgan fingerprint density at radius 3 is 2.14 bits per heavy atom. The van der Waals surface area contributed by atoms with Crippen molar-refractivity contribution in [2.24, 2.45) is 7.05 Å². The van der Waals surface area contributed by atoms with Crippen LogP contribution < -0.4 is 0 Å². The van der Waals surface area contributed by atoms with Crippen LogP contribution in [0.5, 0.6) is 0 Å². The summed E-state index contributed by atoms with van der Waals surface area (Å²) in [7, 11) is 2.19. The van der Waals surface area contributed by atoms with E-state index in [0.29, 0.717) is 0 Å². The van der Waals surface area contributed by atoms with Gasteiger partial charge in [0.15, 0.2) is 0 Å². The zero-order chi connectivity index (χ0) is 19.8. The Morgan fingerprint density at radius 2 is 1.31 bits per heavy atom. The lowest BCUT2D eigenvalue weighted by Crippen LogP contribution is -2.14. The predicted octanol–water partition coefficient (Wildman–Crippen LogP) is 7.30. The number of fused-ring (bicyclic) bond motifs is 6. The molecule has 0 N–H and O–H groups in total. The molecule has 0 atom stereocenters. The minimum absolute atomic E-state index is 0.0335. The Kier molecular flexibility index (Phi) is 3.21. The van der Waals surface area contributed by atoms with Gasteiger partial charge < -0.3 is 4.57 Å². The highest BCUT2D eigenvalue weighted by atomic mass is 14.9. The molecule has 0 unspecified atom stereocenters. The third kappa shape index (κ3) is 2.16. The Bertz CT molecular complexity index is 1420. The van der Waals surface area contributed by atoms with Crippen molar-refractivity contribution in [3.05, 3.63) is 96.1 Å². The van der Waals surface area contributed by atoms with Crippen LogP contribution in [-0.2, 0) is 12.5 Å². The Hall–Kier alpha value is -3.32. The van der Waals surface area contributed by atoms with Crippen LogP contribution in [0.3, 0.4) is 0 Å². The highest BCUT2D eigenvalue weighted by Gasteiger charge is 2.35. The monoisotopic (exact) mass is 373 g/mol. The van der Waals surface area contributed by atoms with Crippen molar-refractivity contribution in [2.45, 2.75) is 19.3 Å². The van der Waals surface area contributed by atoms with Gasteiger partial charge in [-0.15, -0.1) is 0 Å². The van der Waals surface area contributed by atoms with Gasteiger partial charge in [0.2, 0.25) is 0 Å². The van der Waals surface area contributed by atoms with Gasteiger partial charge in [-0.25, -0.2) is 0 Å². The van der Waals surface area contributed by atoms with Gasteiger partial charge in [0, 0.05) is 34.3 Å². The Morgan fingerprint density at radius 1 is 0.586 bits per heavy atom. The van der Waals surface area contributed by atoms with E-state index in [1.807, 2.05) is 0 Å². The first-order chi connectivity index (χ1) is 14.1. The second-order valence-electron chi connectivity index (χ2n) is 8.74. The molecule has 4 aromatic carbocycles. The number of hydrogen-bond acceptors (Lipinski definition) is 0. The van der Waals surface area contributed by atoms with Crippen LogP contribution in [0.4, 0.5) is 0 Å². The van der Waals surface area contributed by atoms with Crippen molar-refractivity contribution in [1.82, 2.24) is 4.57 Å². The summed E-state index contributed by atoms with van der Waals surface area (Å²) in [6.07, 6.45) is 0. The van der Waals surface area contributed by atoms with Crippen molar-refractivity contribution in [3.63, 3.8) is 0 Å². The van der Waals surface area contributed by atoms with Crippen molar-refractivity contribution < 1.29 is 0 Å². The number of benzene rings is 4. The minimum Gasteiger partial charge on any atom is -0.344 e. The molecular weight excluding hydrogens is 350 g/mol. The number of nitrogens with zero attached hydrogens (tertiary/aromatic N) is 1. The van der Waals surface area contributed by atoms with Crippen LogP contribution in [0.25, 0.3) is 44.1 Å². The standard InChI is InChI=1S/C28H23N/c1-28(2)24-12-8-7-11-20(24)21-16-23-22-15-19(18-9-5-4-6-10-18)13-14-26(22)29(3)27(23)17-25(21)28/h4-17H,1-3H3. The first kappa shape index (κ1) is 16.6. The SMILES string of the molecule is Cn1c2ccc(-c3ccccc3)cc2c2cc3c(cc21)C(C)(C)c1ccccc1-3. The summed E-state index contributed by atoms with van der Waals surface area (Å²) < 4.78 is 2.35. The fraction of sp³-hybridized carbons (Fsp3) is 0.143. The molecule has 0 spiro atoms. The van der Waals surface area contributed by atoms with Gasteiger partial charge in [-0.1, -0.05) is 74.5 Å². The van der Waals surface area contributed by atoms with Crippen molar-refractivity contribution in [3.8, 4) is 22.3 Å². The van der Waals surface area contributed by atoms with Crippen LogP contribution in [-0.4, -0.2) is 4.57 Å². The average Bonchev–Trinajstić information content (AvgIpc) is 3.16. The first-order valence-corrected chi connectivity index (χ1v) is 10.3. The third-order valence-electron chi connectivity index (χ3n) is 6.82. The summed E-state index contributed by atoms with van der Waals surface area (Å²) >= 11 is 0. The second kappa shape index (κ2) is 5.61. The lowest BCUT2D eigenvalue weighted by molar-refractivity contribution is 0.661. The molecule has 140 valence electrons. The Labute approximate surface area is 171 Å². The van der Waals surface area contributed by atoms with Gasteiger partial charge in [-0.3, -0.25) is 0 Å². The molecule has 1 nitrogen and oxygen atoms in total. The van der Waals surface area contributed by atoms with Crippen molar-refractivity contribution in [2.75, 3.05) is 0 Å². The number of hydrogen-bond donors (Lipinski definition) is 0. The van der Waals surface area contributed by atoms with Crippen LogP contribution in [0.2, 0.25) is 0 Å². The fourth-order valence-corrected chi connectivity index (χ4v) is 5.21. The molecule has 1 aromatic heterocycles. The topological polar surface area (TPSA) is 4.93 Å². The molecule has 0 radical (unpaired) electrons.